The van der Waals surface area contributed by atoms with Crippen LogP contribution in [0.25, 0.3) is 0 Å². The summed E-state index contributed by atoms with van der Waals surface area (Å²) in [5, 5.41) is 3.22. The third kappa shape index (κ3) is 3.06. The fourth-order valence-electron chi connectivity index (χ4n) is 1.54. The molecule has 2 aromatic heterocycles. The summed E-state index contributed by atoms with van der Waals surface area (Å²) in [7, 11) is 0. The van der Waals surface area contributed by atoms with Crippen LogP contribution in [0.15, 0.2) is 28.9 Å². The molecule has 0 saturated heterocycles. The zero-order valence-corrected chi connectivity index (χ0v) is 10.4. The van der Waals surface area contributed by atoms with Crippen LogP contribution in [0.3, 0.4) is 0 Å². The first kappa shape index (κ1) is 11.6. The number of rotatable bonds is 4. The lowest BCUT2D eigenvalue weighted by atomic mass is 10.1. The standard InChI is InChI=1S/C13H17N3O/c1-9(2)12-6-13(16-8-15-12)14-7-11-5-4-10(3)17-11/h4-6,8-9H,7H2,1-3H3,(H,14,15,16). The van der Waals surface area contributed by atoms with Crippen LogP contribution in [0.4, 0.5) is 5.82 Å². The number of nitrogens with zero attached hydrogens (tertiary/aromatic N) is 2. The van der Waals surface area contributed by atoms with Gasteiger partial charge in [0.1, 0.15) is 23.7 Å². The minimum Gasteiger partial charge on any atom is -0.465 e. The SMILES string of the molecule is Cc1ccc(CNc2cc(C(C)C)ncn2)o1. The second-order valence-electron chi connectivity index (χ2n) is 4.35. The minimum absolute atomic E-state index is 0.407. The summed E-state index contributed by atoms with van der Waals surface area (Å²) < 4.78 is 5.48. The number of anilines is 1. The molecule has 0 bridgehead atoms. The van der Waals surface area contributed by atoms with Gasteiger partial charge < -0.3 is 9.73 Å². The lowest BCUT2D eigenvalue weighted by Gasteiger charge is -2.07. The molecule has 90 valence electrons. The van der Waals surface area contributed by atoms with E-state index in [1.165, 1.54) is 0 Å². The average Bonchev–Trinajstić information content (AvgIpc) is 2.73. The first-order valence-electron chi connectivity index (χ1n) is 5.76. The summed E-state index contributed by atoms with van der Waals surface area (Å²) in [5.41, 5.74) is 1.04. The molecule has 2 aromatic rings. The van der Waals surface area contributed by atoms with Crippen LogP contribution in [0, 0.1) is 6.92 Å². The maximum atomic E-state index is 5.48. The highest BCUT2D eigenvalue weighted by atomic mass is 16.3. The fourth-order valence-corrected chi connectivity index (χ4v) is 1.54. The molecule has 4 nitrogen and oxygen atoms in total. The molecule has 0 aliphatic rings. The minimum atomic E-state index is 0.407. The normalized spacial score (nSPS) is 10.8. The second kappa shape index (κ2) is 4.99. The van der Waals surface area contributed by atoms with Crippen molar-refractivity contribution >= 4 is 5.82 Å². The van der Waals surface area contributed by atoms with Gasteiger partial charge in [-0.05, 0) is 25.0 Å². The molecule has 0 aliphatic carbocycles. The van der Waals surface area contributed by atoms with E-state index in [1.807, 2.05) is 25.1 Å². The Morgan fingerprint density at radius 3 is 2.76 bits per heavy atom. The van der Waals surface area contributed by atoms with Gasteiger partial charge in [-0.2, -0.15) is 0 Å². The molecule has 4 heteroatoms. The number of hydrogen-bond acceptors (Lipinski definition) is 4. The lowest BCUT2D eigenvalue weighted by Crippen LogP contribution is -2.02. The van der Waals surface area contributed by atoms with E-state index in [0.717, 1.165) is 23.0 Å². The van der Waals surface area contributed by atoms with Crippen molar-refractivity contribution in [3.05, 3.63) is 41.7 Å². The Morgan fingerprint density at radius 2 is 2.12 bits per heavy atom. The molecular weight excluding hydrogens is 214 g/mol. The third-order valence-corrected chi connectivity index (χ3v) is 2.52. The molecule has 0 spiro atoms. The van der Waals surface area contributed by atoms with E-state index in [9.17, 15) is 0 Å². The van der Waals surface area contributed by atoms with Crippen molar-refractivity contribution in [3.8, 4) is 0 Å². The van der Waals surface area contributed by atoms with E-state index in [2.05, 4.69) is 29.1 Å². The molecule has 0 atom stereocenters. The van der Waals surface area contributed by atoms with Crippen molar-refractivity contribution in [3.63, 3.8) is 0 Å². The van der Waals surface area contributed by atoms with Crippen molar-refractivity contribution in [2.75, 3.05) is 5.32 Å². The van der Waals surface area contributed by atoms with Crippen LogP contribution < -0.4 is 5.32 Å². The summed E-state index contributed by atoms with van der Waals surface area (Å²) >= 11 is 0. The number of nitrogens with one attached hydrogen (secondary N) is 1. The van der Waals surface area contributed by atoms with Crippen LogP contribution in [0.1, 0.15) is 37.0 Å². The van der Waals surface area contributed by atoms with Gasteiger partial charge in [-0.1, -0.05) is 13.8 Å². The van der Waals surface area contributed by atoms with E-state index in [0.29, 0.717) is 12.5 Å². The monoisotopic (exact) mass is 231 g/mol. The van der Waals surface area contributed by atoms with Crippen LogP contribution in [-0.2, 0) is 6.54 Å². The Kier molecular flexibility index (Phi) is 3.42. The highest BCUT2D eigenvalue weighted by molar-refractivity contribution is 5.36. The Balaban J connectivity index is 2.01. The van der Waals surface area contributed by atoms with Crippen molar-refractivity contribution in [2.24, 2.45) is 0 Å². The zero-order valence-electron chi connectivity index (χ0n) is 10.4. The third-order valence-electron chi connectivity index (χ3n) is 2.52. The lowest BCUT2D eigenvalue weighted by molar-refractivity contribution is 0.490. The Labute approximate surface area is 101 Å². The van der Waals surface area contributed by atoms with Gasteiger partial charge in [0.2, 0.25) is 0 Å². The maximum Gasteiger partial charge on any atom is 0.129 e. The second-order valence-corrected chi connectivity index (χ2v) is 4.35. The fraction of sp³-hybridized carbons (Fsp3) is 0.385. The molecule has 0 aromatic carbocycles. The van der Waals surface area contributed by atoms with Gasteiger partial charge in [0.25, 0.3) is 0 Å². The average molecular weight is 231 g/mol. The molecule has 0 unspecified atom stereocenters. The molecular formula is C13H17N3O. The quantitative estimate of drug-likeness (QED) is 0.878. The van der Waals surface area contributed by atoms with Gasteiger partial charge in [-0.3, -0.25) is 0 Å². The van der Waals surface area contributed by atoms with E-state index in [-0.39, 0.29) is 0 Å². The van der Waals surface area contributed by atoms with Crippen molar-refractivity contribution in [2.45, 2.75) is 33.2 Å². The van der Waals surface area contributed by atoms with E-state index < -0.39 is 0 Å². The van der Waals surface area contributed by atoms with Crippen LogP contribution in [0.5, 0.6) is 0 Å². The van der Waals surface area contributed by atoms with Crippen molar-refractivity contribution in [1.82, 2.24) is 9.97 Å². The highest BCUT2D eigenvalue weighted by Crippen LogP contribution is 2.14. The topological polar surface area (TPSA) is 51.0 Å². The number of furan rings is 1. The summed E-state index contributed by atoms with van der Waals surface area (Å²) in [6.45, 7) is 6.80. The summed E-state index contributed by atoms with van der Waals surface area (Å²) in [6, 6.07) is 5.89. The van der Waals surface area contributed by atoms with Gasteiger partial charge in [0, 0.05) is 11.8 Å². The van der Waals surface area contributed by atoms with Gasteiger partial charge in [0.15, 0.2) is 0 Å². The first-order chi connectivity index (χ1) is 8.15. The van der Waals surface area contributed by atoms with Crippen LogP contribution >= 0.6 is 0 Å². The smallest absolute Gasteiger partial charge is 0.129 e. The Morgan fingerprint density at radius 1 is 1.29 bits per heavy atom. The molecule has 2 heterocycles. The van der Waals surface area contributed by atoms with Gasteiger partial charge >= 0.3 is 0 Å². The molecule has 2 rings (SSSR count). The van der Waals surface area contributed by atoms with Gasteiger partial charge in [-0.25, -0.2) is 9.97 Å². The van der Waals surface area contributed by atoms with Crippen molar-refractivity contribution in [1.29, 1.82) is 0 Å². The maximum absolute atomic E-state index is 5.48. The molecule has 0 amide bonds. The summed E-state index contributed by atoms with van der Waals surface area (Å²) in [6.07, 6.45) is 1.59. The summed E-state index contributed by atoms with van der Waals surface area (Å²) in [4.78, 5) is 8.40. The van der Waals surface area contributed by atoms with Crippen LogP contribution in [0.2, 0.25) is 0 Å². The number of aryl methyl sites for hydroxylation is 1. The molecule has 1 N–H and O–H groups in total. The Hall–Kier alpha value is -1.84. The largest absolute Gasteiger partial charge is 0.465 e. The van der Waals surface area contributed by atoms with E-state index >= 15 is 0 Å². The van der Waals surface area contributed by atoms with E-state index in [4.69, 9.17) is 4.42 Å². The number of hydrogen-bond donors (Lipinski definition) is 1. The highest BCUT2D eigenvalue weighted by Gasteiger charge is 2.03. The Bertz CT molecular complexity index is 491. The van der Waals surface area contributed by atoms with Crippen LogP contribution in [-0.4, -0.2) is 9.97 Å². The number of aromatic nitrogens is 2. The predicted molar refractivity (Wildman–Crippen MR) is 66.9 cm³/mol. The molecule has 0 aliphatic heterocycles. The predicted octanol–water partition coefficient (Wildman–Crippen LogP) is 3.11. The molecule has 0 radical (unpaired) electrons. The molecule has 17 heavy (non-hydrogen) atoms. The molecule has 0 fully saturated rings. The van der Waals surface area contributed by atoms with E-state index in [1.54, 1.807) is 6.33 Å². The summed E-state index contributed by atoms with van der Waals surface area (Å²) in [5.74, 6) is 3.07. The van der Waals surface area contributed by atoms with Gasteiger partial charge in [-0.15, -0.1) is 0 Å². The zero-order chi connectivity index (χ0) is 12.3. The van der Waals surface area contributed by atoms with Gasteiger partial charge in [0.05, 0.1) is 6.54 Å². The molecule has 0 saturated carbocycles. The first-order valence-corrected chi connectivity index (χ1v) is 5.76. The van der Waals surface area contributed by atoms with Crippen molar-refractivity contribution < 1.29 is 4.42 Å².